The van der Waals surface area contributed by atoms with Crippen LogP contribution >= 0.6 is 11.3 Å². The molecule has 4 aromatic rings. The summed E-state index contributed by atoms with van der Waals surface area (Å²) in [6, 6.07) is 16.5. The van der Waals surface area contributed by atoms with Gasteiger partial charge in [0.1, 0.15) is 5.01 Å². The Bertz CT molecular complexity index is 1660. The summed E-state index contributed by atoms with van der Waals surface area (Å²) < 4.78 is 29.4. The molecule has 1 aliphatic carbocycles. The fourth-order valence-corrected chi connectivity index (χ4v) is 6.81. The van der Waals surface area contributed by atoms with Crippen LogP contribution in [-0.2, 0) is 26.5 Å². The number of amides is 2. The van der Waals surface area contributed by atoms with Crippen molar-refractivity contribution in [3.63, 3.8) is 0 Å². The van der Waals surface area contributed by atoms with Gasteiger partial charge in [-0.3, -0.25) is 14.4 Å². The molecule has 9 nitrogen and oxygen atoms in total. The average Bonchev–Trinajstić information content (AvgIpc) is 3.60. The van der Waals surface area contributed by atoms with E-state index in [1.54, 1.807) is 49.6 Å². The van der Waals surface area contributed by atoms with Crippen LogP contribution in [-0.4, -0.2) is 42.4 Å². The Morgan fingerprint density at radius 1 is 1.08 bits per heavy atom. The van der Waals surface area contributed by atoms with Crippen molar-refractivity contribution in [3.8, 4) is 11.1 Å². The number of nitrogens with one attached hydrogen (secondary N) is 2. The maximum Gasteiger partial charge on any atom is 0.250 e. The van der Waals surface area contributed by atoms with Gasteiger partial charge in [-0.2, -0.15) is 0 Å². The van der Waals surface area contributed by atoms with Gasteiger partial charge in [-0.05, 0) is 54.3 Å². The normalized spacial score (nSPS) is 14.3. The summed E-state index contributed by atoms with van der Waals surface area (Å²) in [7, 11) is -2.51. The monoisotopic (exact) mass is 536 g/mol. The van der Waals surface area contributed by atoms with Gasteiger partial charge in [-0.15, -0.1) is 11.3 Å². The van der Waals surface area contributed by atoms with Crippen LogP contribution in [0, 0.1) is 0 Å². The Balaban J connectivity index is 1.51. The van der Waals surface area contributed by atoms with E-state index in [1.165, 1.54) is 22.8 Å². The maximum atomic E-state index is 13.6. The highest BCUT2D eigenvalue weighted by Crippen LogP contribution is 2.36. The van der Waals surface area contributed by atoms with Gasteiger partial charge >= 0.3 is 0 Å². The minimum Gasteiger partial charge on any atom is -0.352 e. The van der Waals surface area contributed by atoms with E-state index in [9.17, 15) is 22.8 Å². The largest absolute Gasteiger partial charge is 0.352 e. The van der Waals surface area contributed by atoms with Crippen LogP contribution in [0.15, 0.2) is 76.6 Å². The Hall–Kier alpha value is -3.83. The summed E-state index contributed by atoms with van der Waals surface area (Å²) >= 11 is 1.10. The maximum absolute atomic E-state index is 13.6. The van der Waals surface area contributed by atoms with E-state index in [0.29, 0.717) is 15.8 Å². The van der Waals surface area contributed by atoms with Gasteiger partial charge in [0.05, 0.1) is 21.7 Å². The van der Waals surface area contributed by atoms with Crippen molar-refractivity contribution < 1.29 is 18.0 Å². The number of hydrogen-bond donors (Lipinski definition) is 2. The van der Waals surface area contributed by atoms with Crippen molar-refractivity contribution in [1.29, 1.82) is 0 Å². The highest BCUT2D eigenvalue weighted by molar-refractivity contribution is 7.92. The predicted octanol–water partition coefficient (Wildman–Crippen LogP) is 2.57. The summed E-state index contributed by atoms with van der Waals surface area (Å²) in [5.74, 6) is -1.18. The van der Waals surface area contributed by atoms with Gasteiger partial charge < -0.3 is 15.2 Å². The van der Waals surface area contributed by atoms with Gasteiger partial charge in [0.2, 0.25) is 11.8 Å². The summed E-state index contributed by atoms with van der Waals surface area (Å²) in [6.07, 6.45) is 3.46. The zero-order valence-corrected chi connectivity index (χ0v) is 21.5. The highest BCUT2D eigenvalue weighted by Gasteiger charge is 2.38. The second-order valence-corrected chi connectivity index (χ2v) is 12.0. The number of carbonyl (C=O) groups excluding carboxylic acids is 2. The van der Waals surface area contributed by atoms with Crippen molar-refractivity contribution in [2.45, 2.75) is 29.0 Å². The minimum absolute atomic E-state index is 0.0161. The second-order valence-electron chi connectivity index (χ2n) is 8.90. The van der Waals surface area contributed by atoms with Crippen LogP contribution in [0.25, 0.3) is 21.3 Å². The molecule has 2 amide bonds. The third kappa shape index (κ3) is 5.32. The molecule has 2 aromatic heterocycles. The first-order valence-corrected chi connectivity index (χ1v) is 14.0. The molecule has 1 saturated carbocycles. The lowest BCUT2D eigenvalue weighted by Gasteiger charge is -2.15. The molecule has 1 aliphatic rings. The SMILES string of the molecule is Cn1ccc(-c2ccc3sc(C(C(=O)NCC(=O)NC4CC4)S(=O)(=O)c4ccccc4)nc3c2)cc1=O. The molecule has 2 aromatic carbocycles. The first-order chi connectivity index (χ1) is 17.7. The minimum atomic E-state index is -4.17. The Morgan fingerprint density at radius 2 is 1.81 bits per heavy atom. The molecule has 1 unspecified atom stereocenters. The zero-order chi connectivity index (χ0) is 26.2. The quantitative estimate of drug-likeness (QED) is 0.356. The number of carbonyl (C=O) groups is 2. The van der Waals surface area contributed by atoms with Gasteiger partial charge in [-0.25, -0.2) is 13.4 Å². The molecular weight excluding hydrogens is 512 g/mol. The topological polar surface area (TPSA) is 127 Å². The first-order valence-electron chi connectivity index (χ1n) is 11.7. The van der Waals surface area contributed by atoms with E-state index in [4.69, 9.17) is 0 Å². The second kappa shape index (κ2) is 9.91. The third-order valence-electron chi connectivity index (χ3n) is 6.05. The standard InChI is InChI=1S/C26H24N4O5S2/c1-30-12-11-17(14-23(30)32)16-7-10-21-20(13-16)29-26(36-21)24(37(34,35)19-5-3-2-4-6-19)25(33)27-15-22(31)28-18-8-9-18/h2-7,10-14,18,24H,8-9,15H2,1H3,(H,27,33)(H,28,31). The third-order valence-corrected chi connectivity index (χ3v) is 9.29. The summed E-state index contributed by atoms with van der Waals surface area (Å²) in [4.78, 5) is 42.0. The van der Waals surface area contributed by atoms with Crippen molar-refractivity contribution in [2.24, 2.45) is 7.05 Å². The highest BCUT2D eigenvalue weighted by atomic mass is 32.2. The molecule has 0 bridgehead atoms. The molecule has 37 heavy (non-hydrogen) atoms. The average molecular weight is 537 g/mol. The van der Waals surface area contributed by atoms with Crippen molar-refractivity contribution in [3.05, 3.63) is 82.2 Å². The van der Waals surface area contributed by atoms with Crippen LogP contribution < -0.4 is 16.2 Å². The Morgan fingerprint density at radius 3 is 2.51 bits per heavy atom. The fourth-order valence-electron chi connectivity index (χ4n) is 3.86. The molecular formula is C26H24N4O5S2. The number of pyridine rings is 1. The molecule has 2 N–H and O–H groups in total. The lowest BCUT2D eigenvalue weighted by atomic mass is 10.1. The summed E-state index contributed by atoms with van der Waals surface area (Å²) in [5, 5.41) is 3.72. The van der Waals surface area contributed by atoms with E-state index >= 15 is 0 Å². The lowest BCUT2D eigenvalue weighted by molar-refractivity contribution is -0.126. The first kappa shape index (κ1) is 24.8. The van der Waals surface area contributed by atoms with Gasteiger partial charge in [-0.1, -0.05) is 24.3 Å². The number of nitrogens with zero attached hydrogens (tertiary/aromatic N) is 2. The van der Waals surface area contributed by atoms with E-state index in [0.717, 1.165) is 29.7 Å². The molecule has 0 saturated heterocycles. The van der Waals surface area contributed by atoms with Gasteiger partial charge in [0.15, 0.2) is 15.1 Å². The number of rotatable bonds is 8. The van der Waals surface area contributed by atoms with Crippen molar-refractivity contribution in [2.75, 3.05) is 6.54 Å². The Kier molecular flexibility index (Phi) is 6.65. The van der Waals surface area contributed by atoms with Gasteiger partial charge in [0.25, 0.3) is 5.56 Å². The number of aryl methyl sites for hydroxylation is 1. The molecule has 190 valence electrons. The van der Waals surface area contributed by atoms with Crippen LogP contribution in [0.4, 0.5) is 0 Å². The van der Waals surface area contributed by atoms with Crippen molar-refractivity contribution >= 4 is 43.2 Å². The lowest BCUT2D eigenvalue weighted by Crippen LogP contribution is -2.41. The molecule has 0 aliphatic heterocycles. The smallest absolute Gasteiger partial charge is 0.250 e. The molecule has 1 atom stereocenters. The molecule has 1 fully saturated rings. The van der Waals surface area contributed by atoms with E-state index < -0.39 is 21.0 Å². The van der Waals surface area contributed by atoms with E-state index in [-0.39, 0.29) is 34.0 Å². The van der Waals surface area contributed by atoms with E-state index in [1.807, 2.05) is 6.07 Å². The number of benzene rings is 2. The van der Waals surface area contributed by atoms with Crippen LogP contribution in [0.5, 0.6) is 0 Å². The molecule has 0 radical (unpaired) electrons. The van der Waals surface area contributed by atoms with Crippen LogP contribution in [0.2, 0.25) is 0 Å². The number of fused-ring (bicyclic) bond motifs is 1. The number of thiazole rings is 1. The fraction of sp³-hybridized carbons (Fsp3) is 0.231. The number of aromatic nitrogens is 2. The van der Waals surface area contributed by atoms with E-state index in [2.05, 4.69) is 15.6 Å². The van der Waals surface area contributed by atoms with Crippen molar-refractivity contribution in [1.82, 2.24) is 20.2 Å². The molecule has 2 heterocycles. The predicted molar refractivity (Wildman–Crippen MR) is 141 cm³/mol. The van der Waals surface area contributed by atoms with Gasteiger partial charge in [0, 0.05) is 25.4 Å². The Labute approximate surface area is 217 Å². The number of sulfone groups is 1. The molecule has 5 rings (SSSR count). The van der Waals surface area contributed by atoms with Crippen LogP contribution in [0.1, 0.15) is 23.1 Å². The summed E-state index contributed by atoms with van der Waals surface area (Å²) in [6.45, 7) is -0.325. The van der Waals surface area contributed by atoms with Crippen LogP contribution in [0.3, 0.4) is 0 Å². The zero-order valence-electron chi connectivity index (χ0n) is 19.9. The number of hydrogen-bond acceptors (Lipinski definition) is 7. The summed E-state index contributed by atoms with van der Waals surface area (Å²) in [5.41, 5.74) is 1.79. The molecule has 11 heteroatoms. The molecule has 0 spiro atoms.